The van der Waals surface area contributed by atoms with Crippen LogP contribution >= 0.6 is 0 Å². The highest BCUT2D eigenvalue weighted by Crippen LogP contribution is 2.19. The van der Waals surface area contributed by atoms with Crippen molar-refractivity contribution < 1.29 is 4.74 Å². The molecule has 0 amide bonds. The molecule has 0 bridgehead atoms. The maximum absolute atomic E-state index is 6.04. The maximum atomic E-state index is 6.04. The van der Waals surface area contributed by atoms with Crippen molar-refractivity contribution in [3.8, 4) is 0 Å². The predicted molar refractivity (Wildman–Crippen MR) is 110 cm³/mol. The zero-order chi connectivity index (χ0) is 18.6. The summed E-state index contributed by atoms with van der Waals surface area (Å²) in [6.07, 6.45) is 8.33. The highest BCUT2D eigenvalue weighted by atomic mass is 16.5. The number of hydrogen-bond acceptors (Lipinski definition) is 4. The topological polar surface area (TPSA) is 52.1 Å². The molecule has 2 fully saturated rings. The lowest BCUT2D eigenvalue weighted by Gasteiger charge is -2.37. The second-order valence-electron chi connectivity index (χ2n) is 7.68. The Morgan fingerprint density at radius 3 is 2.38 bits per heavy atom. The second kappa shape index (κ2) is 12.5. The number of likely N-dealkylation sites (N-methyl/N-ethyl adjacent to an activating group) is 1. The first-order valence-corrected chi connectivity index (χ1v) is 10.8. The molecule has 0 aromatic rings. The predicted octanol–water partition coefficient (Wildman–Crippen LogP) is 1.92. The van der Waals surface area contributed by atoms with E-state index >= 15 is 0 Å². The van der Waals surface area contributed by atoms with Gasteiger partial charge in [0.25, 0.3) is 0 Å². The van der Waals surface area contributed by atoms with E-state index in [1.807, 2.05) is 7.05 Å². The summed E-state index contributed by atoms with van der Waals surface area (Å²) < 4.78 is 6.04. The van der Waals surface area contributed by atoms with E-state index in [9.17, 15) is 0 Å². The number of nitrogens with one attached hydrogen (secondary N) is 2. The third kappa shape index (κ3) is 7.80. The van der Waals surface area contributed by atoms with Gasteiger partial charge in [0.1, 0.15) is 0 Å². The van der Waals surface area contributed by atoms with Crippen molar-refractivity contribution >= 4 is 5.96 Å². The first-order valence-electron chi connectivity index (χ1n) is 10.8. The van der Waals surface area contributed by atoms with Gasteiger partial charge in [-0.25, -0.2) is 0 Å². The third-order valence-electron chi connectivity index (χ3n) is 5.82. The average Bonchev–Trinajstić information content (AvgIpc) is 2.96. The van der Waals surface area contributed by atoms with Crippen LogP contribution in [0.15, 0.2) is 4.99 Å². The molecule has 152 valence electrons. The molecule has 2 aliphatic rings. The van der Waals surface area contributed by atoms with Crippen LogP contribution in [0.2, 0.25) is 0 Å². The fourth-order valence-corrected chi connectivity index (χ4v) is 3.92. The molecular formula is C20H41N5O. The van der Waals surface area contributed by atoms with Gasteiger partial charge in [0, 0.05) is 52.4 Å². The van der Waals surface area contributed by atoms with Crippen LogP contribution in [0.1, 0.15) is 52.4 Å². The van der Waals surface area contributed by atoms with Gasteiger partial charge >= 0.3 is 0 Å². The summed E-state index contributed by atoms with van der Waals surface area (Å²) in [6, 6.07) is 0.523. The molecule has 1 atom stereocenters. The van der Waals surface area contributed by atoms with Gasteiger partial charge in [0.05, 0.1) is 12.7 Å². The summed E-state index contributed by atoms with van der Waals surface area (Å²) in [5.74, 6) is 0.883. The summed E-state index contributed by atoms with van der Waals surface area (Å²) in [7, 11) is 1.84. The summed E-state index contributed by atoms with van der Waals surface area (Å²) in [6.45, 7) is 12.9. The molecule has 0 aromatic carbocycles. The molecule has 1 heterocycles. The lowest BCUT2D eigenvalue weighted by molar-refractivity contribution is 0.0468. The van der Waals surface area contributed by atoms with Crippen molar-refractivity contribution in [2.75, 3.05) is 59.5 Å². The van der Waals surface area contributed by atoms with Gasteiger partial charge < -0.3 is 20.3 Å². The SMILES string of the molecule is CCN1CCN(C(C)CNC(=NC)NCCOC2CCCCCC2)CC1. The van der Waals surface area contributed by atoms with Gasteiger partial charge in [0.15, 0.2) is 5.96 Å². The van der Waals surface area contributed by atoms with Crippen molar-refractivity contribution in [1.82, 2.24) is 20.4 Å². The molecule has 0 radical (unpaired) electrons. The Kier molecular flexibility index (Phi) is 10.3. The Morgan fingerprint density at radius 2 is 1.77 bits per heavy atom. The van der Waals surface area contributed by atoms with E-state index in [1.54, 1.807) is 0 Å². The lowest BCUT2D eigenvalue weighted by Crippen LogP contribution is -2.53. The van der Waals surface area contributed by atoms with Crippen LogP contribution < -0.4 is 10.6 Å². The molecule has 1 saturated carbocycles. The van der Waals surface area contributed by atoms with Crippen LogP contribution in [0, 0.1) is 0 Å². The van der Waals surface area contributed by atoms with Gasteiger partial charge in [-0.2, -0.15) is 0 Å². The normalized spacial score (nSPS) is 22.8. The quantitative estimate of drug-likeness (QED) is 0.297. The van der Waals surface area contributed by atoms with E-state index in [2.05, 4.69) is 39.3 Å². The summed E-state index contributed by atoms with van der Waals surface area (Å²) >= 11 is 0. The molecule has 1 saturated heterocycles. The Hall–Kier alpha value is -0.850. The van der Waals surface area contributed by atoms with Crippen molar-refractivity contribution in [1.29, 1.82) is 0 Å². The van der Waals surface area contributed by atoms with Gasteiger partial charge in [-0.3, -0.25) is 9.89 Å². The van der Waals surface area contributed by atoms with Crippen molar-refractivity contribution in [3.05, 3.63) is 0 Å². The smallest absolute Gasteiger partial charge is 0.191 e. The minimum Gasteiger partial charge on any atom is -0.376 e. The molecule has 26 heavy (non-hydrogen) atoms. The average molecular weight is 368 g/mol. The molecular weight excluding hydrogens is 326 g/mol. The number of piperazine rings is 1. The molecule has 2 rings (SSSR count). The molecule has 0 aromatic heterocycles. The number of rotatable bonds is 8. The van der Waals surface area contributed by atoms with Crippen molar-refractivity contribution in [3.63, 3.8) is 0 Å². The van der Waals surface area contributed by atoms with E-state index in [1.165, 1.54) is 58.2 Å². The van der Waals surface area contributed by atoms with Crippen LogP contribution in [0.5, 0.6) is 0 Å². The van der Waals surface area contributed by atoms with Crippen LogP contribution in [0.25, 0.3) is 0 Å². The molecule has 0 spiro atoms. The van der Waals surface area contributed by atoms with E-state index in [0.717, 1.165) is 38.7 Å². The van der Waals surface area contributed by atoms with Gasteiger partial charge in [-0.15, -0.1) is 0 Å². The van der Waals surface area contributed by atoms with E-state index in [0.29, 0.717) is 12.1 Å². The zero-order valence-electron chi connectivity index (χ0n) is 17.3. The number of hydrogen-bond donors (Lipinski definition) is 2. The standard InChI is InChI=1S/C20H41N5O/c1-4-24-12-14-25(15-13-24)18(2)17-23-20(21-3)22-11-16-26-19-9-7-5-6-8-10-19/h18-19H,4-17H2,1-3H3,(H2,21,22,23). The fourth-order valence-electron chi connectivity index (χ4n) is 3.92. The molecule has 1 aliphatic heterocycles. The van der Waals surface area contributed by atoms with Crippen LogP contribution in [0.4, 0.5) is 0 Å². The van der Waals surface area contributed by atoms with Gasteiger partial charge in [-0.05, 0) is 26.3 Å². The minimum absolute atomic E-state index is 0.469. The zero-order valence-corrected chi connectivity index (χ0v) is 17.3. The van der Waals surface area contributed by atoms with Gasteiger partial charge in [-0.1, -0.05) is 32.6 Å². The summed E-state index contributed by atoms with van der Waals surface area (Å²) in [4.78, 5) is 9.43. The molecule has 1 unspecified atom stereocenters. The summed E-state index contributed by atoms with van der Waals surface area (Å²) in [5, 5.41) is 6.85. The number of aliphatic imine (C=N–C) groups is 1. The number of guanidine groups is 1. The molecule has 6 heteroatoms. The summed E-state index contributed by atoms with van der Waals surface area (Å²) in [5.41, 5.74) is 0. The van der Waals surface area contributed by atoms with Crippen molar-refractivity contribution in [2.24, 2.45) is 4.99 Å². The minimum atomic E-state index is 0.469. The largest absolute Gasteiger partial charge is 0.376 e. The highest BCUT2D eigenvalue weighted by Gasteiger charge is 2.20. The Labute approximate surface area is 160 Å². The molecule has 6 nitrogen and oxygen atoms in total. The van der Waals surface area contributed by atoms with E-state index < -0.39 is 0 Å². The van der Waals surface area contributed by atoms with Crippen LogP contribution in [-0.2, 0) is 4.74 Å². The number of nitrogens with zero attached hydrogens (tertiary/aromatic N) is 3. The third-order valence-corrected chi connectivity index (χ3v) is 5.82. The van der Waals surface area contributed by atoms with Crippen LogP contribution in [-0.4, -0.2) is 87.4 Å². The highest BCUT2D eigenvalue weighted by molar-refractivity contribution is 5.79. The lowest BCUT2D eigenvalue weighted by atomic mass is 10.1. The molecule has 1 aliphatic carbocycles. The Bertz CT molecular complexity index is 388. The second-order valence-corrected chi connectivity index (χ2v) is 7.68. The van der Waals surface area contributed by atoms with Gasteiger partial charge in [0.2, 0.25) is 0 Å². The van der Waals surface area contributed by atoms with Crippen molar-refractivity contribution in [2.45, 2.75) is 64.5 Å². The molecule has 2 N–H and O–H groups in total. The van der Waals surface area contributed by atoms with E-state index in [-0.39, 0.29) is 0 Å². The van der Waals surface area contributed by atoms with Crippen LogP contribution in [0.3, 0.4) is 0 Å². The fraction of sp³-hybridized carbons (Fsp3) is 0.950. The Balaban J connectivity index is 1.57. The Morgan fingerprint density at radius 1 is 1.08 bits per heavy atom. The maximum Gasteiger partial charge on any atom is 0.191 e. The first-order chi connectivity index (χ1) is 12.7. The number of ether oxygens (including phenoxy) is 1. The first kappa shape index (κ1) is 21.5. The monoisotopic (exact) mass is 367 g/mol. The van der Waals surface area contributed by atoms with E-state index in [4.69, 9.17) is 4.74 Å².